The minimum Gasteiger partial charge on any atom is -0.495 e. The normalized spacial score (nSPS) is 10.5. The number of ether oxygens (including phenoxy) is 1. The highest BCUT2D eigenvalue weighted by Crippen LogP contribution is 2.37. The summed E-state index contributed by atoms with van der Waals surface area (Å²) in [5.41, 5.74) is 2.17. The number of amides is 2. The number of hydrogen-bond donors (Lipinski definition) is 2. The summed E-state index contributed by atoms with van der Waals surface area (Å²) in [4.78, 5) is 23.3. The molecular formula is C25H20BrCl2N5O2. The van der Waals surface area contributed by atoms with Crippen molar-refractivity contribution in [3.8, 4) is 5.75 Å². The summed E-state index contributed by atoms with van der Waals surface area (Å²) >= 11 is 15.8. The van der Waals surface area contributed by atoms with Crippen molar-refractivity contribution in [2.75, 3.05) is 22.6 Å². The van der Waals surface area contributed by atoms with Crippen LogP contribution in [0.2, 0.25) is 10.0 Å². The lowest BCUT2D eigenvalue weighted by Crippen LogP contribution is -2.22. The molecule has 0 saturated heterocycles. The first kappa shape index (κ1) is 24.8. The molecule has 3 aromatic carbocycles. The fourth-order valence-corrected chi connectivity index (χ4v) is 4.21. The highest BCUT2D eigenvalue weighted by atomic mass is 79.9. The molecule has 0 atom stereocenters. The second-order valence-corrected chi connectivity index (χ2v) is 9.06. The molecule has 0 radical (unpaired) electrons. The fraction of sp³-hybridized carbons (Fsp3) is 0.0800. The Balaban J connectivity index is 1.65. The molecule has 35 heavy (non-hydrogen) atoms. The Kier molecular flexibility index (Phi) is 8.07. The molecule has 0 fully saturated rings. The molecule has 0 saturated carbocycles. The lowest BCUT2D eigenvalue weighted by Gasteiger charge is -2.26. The number of halogens is 3. The van der Waals surface area contributed by atoms with Crippen molar-refractivity contribution in [3.63, 3.8) is 0 Å². The van der Waals surface area contributed by atoms with Gasteiger partial charge in [-0.2, -0.15) is 0 Å². The standard InChI is InChI=1S/C25H20BrCl2N5O2/c1-35-21-11-10-17(26)12-20(21)33(14-16-6-3-2-4-7-16)23-13-22(29-15-30-23)31-25(34)32-24-18(27)8-5-9-19(24)28/h2-13,15H,14H2,1H3,(H2,29,30,31,32,34). The van der Waals surface area contributed by atoms with Crippen LogP contribution in [0.25, 0.3) is 0 Å². The Morgan fingerprint density at radius 3 is 2.43 bits per heavy atom. The van der Waals surface area contributed by atoms with Gasteiger partial charge in [-0.25, -0.2) is 14.8 Å². The summed E-state index contributed by atoms with van der Waals surface area (Å²) in [6, 6.07) is 21.8. The Bertz CT molecular complexity index is 1320. The van der Waals surface area contributed by atoms with E-state index in [2.05, 4.69) is 36.5 Å². The second-order valence-electron chi connectivity index (χ2n) is 7.33. The molecule has 2 N–H and O–H groups in total. The van der Waals surface area contributed by atoms with E-state index in [1.807, 2.05) is 53.4 Å². The van der Waals surface area contributed by atoms with E-state index in [-0.39, 0.29) is 0 Å². The number of anilines is 4. The van der Waals surface area contributed by atoms with Crippen LogP contribution in [0.1, 0.15) is 5.56 Å². The number of hydrogen-bond acceptors (Lipinski definition) is 5. The van der Waals surface area contributed by atoms with Crippen molar-refractivity contribution in [1.29, 1.82) is 0 Å². The predicted molar refractivity (Wildman–Crippen MR) is 144 cm³/mol. The van der Waals surface area contributed by atoms with Gasteiger partial charge in [0.2, 0.25) is 0 Å². The number of nitrogens with one attached hydrogen (secondary N) is 2. The largest absolute Gasteiger partial charge is 0.495 e. The van der Waals surface area contributed by atoms with Gasteiger partial charge in [0.25, 0.3) is 0 Å². The summed E-state index contributed by atoms with van der Waals surface area (Å²) in [5.74, 6) is 1.53. The van der Waals surface area contributed by atoms with Crippen molar-refractivity contribution in [3.05, 3.63) is 99.2 Å². The molecule has 178 valence electrons. The van der Waals surface area contributed by atoms with E-state index in [4.69, 9.17) is 27.9 Å². The summed E-state index contributed by atoms with van der Waals surface area (Å²) in [6.45, 7) is 0.505. The van der Waals surface area contributed by atoms with Gasteiger partial charge in [0, 0.05) is 17.1 Å². The number of carbonyl (C=O) groups is 1. The third kappa shape index (κ3) is 6.22. The van der Waals surface area contributed by atoms with Crippen LogP contribution in [0.15, 0.2) is 83.6 Å². The molecule has 4 aromatic rings. The summed E-state index contributed by atoms with van der Waals surface area (Å²) in [6.07, 6.45) is 1.38. The molecule has 4 rings (SSSR count). The van der Waals surface area contributed by atoms with E-state index < -0.39 is 6.03 Å². The molecule has 1 aromatic heterocycles. The first-order valence-electron chi connectivity index (χ1n) is 10.4. The summed E-state index contributed by atoms with van der Waals surface area (Å²) < 4.78 is 6.50. The topological polar surface area (TPSA) is 79.4 Å². The lowest BCUT2D eigenvalue weighted by molar-refractivity contribution is 0.262. The minimum atomic E-state index is -0.542. The van der Waals surface area contributed by atoms with E-state index in [1.54, 1.807) is 31.4 Å². The molecule has 0 spiro atoms. The highest BCUT2D eigenvalue weighted by Gasteiger charge is 2.18. The zero-order valence-electron chi connectivity index (χ0n) is 18.5. The molecule has 7 nitrogen and oxygen atoms in total. The molecule has 2 amide bonds. The molecule has 10 heteroatoms. The maximum Gasteiger partial charge on any atom is 0.324 e. The minimum absolute atomic E-state index is 0.294. The predicted octanol–water partition coefficient (Wildman–Crippen LogP) is 7.54. The Morgan fingerprint density at radius 2 is 1.71 bits per heavy atom. The fourth-order valence-electron chi connectivity index (χ4n) is 3.37. The Labute approximate surface area is 221 Å². The molecule has 1 heterocycles. The van der Waals surface area contributed by atoms with Crippen LogP contribution in [0.3, 0.4) is 0 Å². The van der Waals surface area contributed by atoms with Crippen LogP contribution in [0, 0.1) is 0 Å². The van der Waals surface area contributed by atoms with E-state index >= 15 is 0 Å². The average molecular weight is 573 g/mol. The first-order valence-corrected chi connectivity index (χ1v) is 12.0. The number of benzene rings is 3. The van der Waals surface area contributed by atoms with Gasteiger partial charge in [-0.05, 0) is 35.9 Å². The number of carbonyl (C=O) groups excluding carboxylic acids is 1. The number of methoxy groups -OCH3 is 1. The number of aromatic nitrogens is 2. The SMILES string of the molecule is COc1ccc(Br)cc1N(Cc1ccccc1)c1cc(NC(=O)Nc2c(Cl)cccc2Cl)ncn1. The monoisotopic (exact) mass is 571 g/mol. The average Bonchev–Trinajstić information content (AvgIpc) is 2.86. The zero-order valence-corrected chi connectivity index (χ0v) is 21.6. The number of rotatable bonds is 7. The van der Waals surface area contributed by atoms with Crippen LogP contribution in [0.4, 0.5) is 27.8 Å². The van der Waals surface area contributed by atoms with Gasteiger partial charge in [-0.3, -0.25) is 5.32 Å². The molecule has 0 aliphatic rings. The van der Waals surface area contributed by atoms with Crippen molar-refractivity contribution in [2.45, 2.75) is 6.54 Å². The van der Waals surface area contributed by atoms with E-state index in [1.165, 1.54) is 6.33 Å². The highest BCUT2D eigenvalue weighted by molar-refractivity contribution is 9.10. The van der Waals surface area contributed by atoms with Gasteiger partial charge in [-0.15, -0.1) is 0 Å². The third-order valence-corrected chi connectivity index (χ3v) is 6.11. The first-order chi connectivity index (χ1) is 16.9. The Hall–Kier alpha value is -3.33. The molecule has 0 aliphatic carbocycles. The van der Waals surface area contributed by atoms with Crippen molar-refractivity contribution in [2.24, 2.45) is 0 Å². The van der Waals surface area contributed by atoms with Crippen molar-refractivity contribution in [1.82, 2.24) is 9.97 Å². The zero-order chi connectivity index (χ0) is 24.8. The summed E-state index contributed by atoms with van der Waals surface area (Å²) in [5, 5.41) is 6.02. The molecule has 0 bridgehead atoms. The van der Waals surface area contributed by atoms with Gasteiger partial charge < -0.3 is 15.0 Å². The van der Waals surface area contributed by atoms with Gasteiger partial charge in [0.1, 0.15) is 23.7 Å². The van der Waals surface area contributed by atoms with Crippen LogP contribution in [-0.4, -0.2) is 23.1 Å². The Morgan fingerprint density at radius 1 is 0.971 bits per heavy atom. The maximum atomic E-state index is 12.6. The van der Waals surface area contributed by atoms with Crippen LogP contribution >= 0.6 is 39.1 Å². The molecule has 0 unspecified atom stereocenters. The smallest absolute Gasteiger partial charge is 0.324 e. The van der Waals surface area contributed by atoms with Gasteiger partial charge >= 0.3 is 6.03 Å². The maximum absolute atomic E-state index is 12.6. The molecular weight excluding hydrogens is 553 g/mol. The van der Waals surface area contributed by atoms with E-state index in [0.29, 0.717) is 39.7 Å². The number of nitrogens with zero attached hydrogens (tertiary/aromatic N) is 3. The van der Waals surface area contributed by atoms with E-state index in [0.717, 1.165) is 15.7 Å². The quantitative estimate of drug-likeness (QED) is 0.239. The van der Waals surface area contributed by atoms with Crippen molar-refractivity contribution >= 4 is 68.2 Å². The molecule has 0 aliphatic heterocycles. The van der Waals surface area contributed by atoms with Crippen LogP contribution in [0.5, 0.6) is 5.75 Å². The lowest BCUT2D eigenvalue weighted by atomic mass is 10.2. The van der Waals surface area contributed by atoms with Crippen LogP contribution in [-0.2, 0) is 6.54 Å². The van der Waals surface area contributed by atoms with Gasteiger partial charge in [0.05, 0.1) is 28.5 Å². The second kappa shape index (κ2) is 11.4. The van der Waals surface area contributed by atoms with Gasteiger partial charge in [0.15, 0.2) is 0 Å². The van der Waals surface area contributed by atoms with E-state index in [9.17, 15) is 4.79 Å². The number of para-hydroxylation sites is 1. The van der Waals surface area contributed by atoms with Crippen molar-refractivity contribution < 1.29 is 9.53 Å². The van der Waals surface area contributed by atoms with Crippen LogP contribution < -0.4 is 20.3 Å². The van der Waals surface area contributed by atoms with Gasteiger partial charge in [-0.1, -0.05) is 75.5 Å². The number of urea groups is 1. The summed E-state index contributed by atoms with van der Waals surface area (Å²) in [7, 11) is 1.62. The third-order valence-electron chi connectivity index (χ3n) is 4.99.